The SMILES string of the molecule is CCc1cccc(C)c1NC(=O)NC1CCN(Cc2ccncc2)CC1. The molecule has 5 nitrogen and oxygen atoms in total. The van der Waals surface area contributed by atoms with Gasteiger partial charge in [-0.25, -0.2) is 4.79 Å². The molecule has 26 heavy (non-hydrogen) atoms. The van der Waals surface area contributed by atoms with E-state index in [0.717, 1.165) is 50.1 Å². The van der Waals surface area contributed by atoms with E-state index in [1.807, 2.05) is 31.5 Å². The number of nitrogens with zero attached hydrogens (tertiary/aromatic N) is 2. The quantitative estimate of drug-likeness (QED) is 0.862. The molecule has 0 atom stereocenters. The fourth-order valence-electron chi connectivity index (χ4n) is 3.52. The third-order valence-electron chi connectivity index (χ3n) is 5.06. The number of nitrogens with one attached hydrogen (secondary N) is 2. The number of anilines is 1. The van der Waals surface area contributed by atoms with Crippen LogP contribution in [0, 0.1) is 6.92 Å². The highest BCUT2D eigenvalue weighted by Gasteiger charge is 2.21. The molecule has 2 N–H and O–H groups in total. The second-order valence-corrected chi connectivity index (χ2v) is 6.97. The first-order valence-corrected chi connectivity index (χ1v) is 9.43. The summed E-state index contributed by atoms with van der Waals surface area (Å²) in [6, 6.07) is 10.4. The molecule has 2 amide bonds. The zero-order valence-corrected chi connectivity index (χ0v) is 15.7. The average molecular weight is 352 g/mol. The van der Waals surface area contributed by atoms with Gasteiger partial charge in [0.1, 0.15) is 0 Å². The van der Waals surface area contributed by atoms with Crippen LogP contribution in [0.1, 0.15) is 36.5 Å². The third kappa shape index (κ3) is 4.82. The topological polar surface area (TPSA) is 57.3 Å². The van der Waals surface area contributed by atoms with Gasteiger partial charge in [0.05, 0.1) is 0 Å². The summed E-state index contributed by atoms with van der Waals surface area (Å²) in [5.41, 5.74) is 4.51. The monoisotopic (exact) mass is 352 g/mol. The summed E-state index contributed by atoms with van der Waals surface area (Å²) in [7, 11) is 0. The van der Waals surface area contributed by atoms with Crippen LogP contribution in [0.3, 0.4) is 0 Å². The Morgan fingerprint density at radius 2 is 1.92 bits per heavy atom. The lowest BCUT2D eigenvalue weighted by atomic mass is 10.0. The van der Waals surface area contributed by atoms with Crippen LogP contribution in [0.4, 0.5) is 10.5 Å². The number of urea groups is 1. The Hall–Kier alpha value is -2.40. The van der Waals surface area contributed by atoms with E-state index in [4.69, 9.17) is 0 Å². The molecule has 1 aromatic carbocycles. The largest absolute Gasteiger partial charge is 0.335 e. The second kappa shape index (κ2) is 8.81. The molecule has 138 valence electrons. The number of para-hydroxylation sites is 1. The van der Waals surface area contributed by atoms with Crippen LogP contribution in [-0.2, 0) is 13.0 Å². The third-order valence-corrected chi connectivity index (χ3v) is 5.06. The molecule has 3 rings (SSSR count). The van der Waals surface area contributed by atoms with Crippen LogP contribution >= 0.6 is 0 Å². The van der Waals surface area contributed by atoms with E-state index in [2.05, 4.69) is 45.6 Å². The Morgan fingerprint density at radius 3 is 2.62 bits per heavy atom. The van der Waals surface area contributed by atoms with E-state index in [0.29, 0.717) is 0 Å². The van der Waals surface area contributed by atoms with Gasteiger partial charge in [-0.05, 0) is 55.0 Å². The van der Waals surface area contributed by atoms with Crippen molar-refractivity contribution in [3.05, 3.63) is 59.4 Å². The number of aryl methyl sites for hydroxylation is 2. The van der Waals surface area contributed by atoms with Crippen LogP contribution < -0.4 is 10.6 Å². The zero-order valence-electron chi connectivity index (χ0n) is 15.7. The van der Waals surface area contributed by atoms with Crippen molar-refractivity contribution in [3.8, 4) is 0 Å². The van der Waals surface area contributed by atoms with E-state index >= 15 is 0 Å². The first-order chi connectivity index (χ1) is 12.7. The summed E-state index contributed by atoms with van der Waals surface area (Å²) in [5.74, 6) is 0. The lowest BCUT2D eigenvalue weighted by molar-refractivity contribution is 0.190. The number of likely N-dealkylation sites (tertiary alicyclic amines) is 1. The molecule has 0 bridgehead atoms. The summed E-state index contributed by atoms with van der Waals surface area (Å²) < 4.78 is 0. The predicted molar refractivity (Wildman–Crippen MR) is 105 cm³/mol. The fourth-order valence-corrected chi connectivity index (χ4v) is 3.52. The highest BCUT2D eigenvalue weighted by Crippen LogP contribution is 2.21. The molecule has 0 radical (unpaired) electrons. The van der Waals surface area contributed by atoms with Gasteiger partial charge >= 0.3 is 6.03 Å². The molecule has 0 spiro atoms. The normalized spacial score (nSPS) is 15.6. The molecule has 2 aromatic rings. The molecule has 1 aliphatic rings. The van der Waals surface area contributed by atoms with Crippen LogP contribution in [0.2, 0.25) is 0 Å². The maximum atomic E-state index is 12.4. The van der Waals surface area contributed by atoms with Gasteiger partial charge in [0.25, 0.3) is 0 Å². The fraction of sp³-hybridized carbons (Fsp3) is 0.429. The van der Waals surface area contributed by atoms with Crippen molar-refractivity contribution in [2.75, 3.05) is 18.4 Å². The molecule has 1 aromatic heterocycles. The number of pyridine rings is 1. The summed E-state index contributed by atoms with van der Waals surface area (Å²) in [6.07, 6.45) is 6.54. The Balaban J connectivity index is 1.48. The van der Waals surface area contributed by atoms with Crippen molar-refractivity contribution in [1.82, 2.24) is 15.2 Å². The van der Waals surface area contributed by atoms with Gasteiger partial charge in [0, 0.05) is 43.8 Å². The van der Waals surface area contributed by atoms with Crippen molar-refractivity contribution >= 4 is 11.7 Å². The van der Waals surface area contributed by atoms with E-state index in [1.165, 1.54) is 11.1 Å². The van der Waals surface area contributed by atoms with Crippen molar-refractivity contribution in [3.63, 3.8) is 0 Å². The molecule has 1 aliphatic heterocycles. The van der Waals surface area contributed by atoms with Crippen LogP contribution in [0.25, 0.3) is 0 Å². The van der Waals surface area contributed by atoms with Crippen LogP contribution in [0.5, 0.6) is 0 Å². The van der Waals surface area contributed by atoms with Gasteiger partial charge in [-0.2, -0.15) is 0 Å². The number of benzene rings is 1. The molecule has 0 unspecified atom stereocenters. The molecule has 1 fully saturated rings. The lowest BCUT2D eigenvalue weighted by Crippen LogP contribution is -2.45. The Labute approximate surface area is 155 Å². The van der Waals surface area contributed by atoms with Gasteiger partial charge in [-0.3, -0.25) is 9.88 Å². The number of aromatic nitrogens is 1. The molecular weight excluding hydrogens is 324 g/mol. The second-order valence-electron chi connectivity index (χ2n) is 6.97. The molecule has 0 aliphatic carbocycles. The number of piperidine rings is 1. The summed E-state index contributed by atoms with van der Waals surface area (Å²) in [4.78, 5) is 18.9. The minimum Gasteiger partial charge on any atom is -0.335 e. The molecular formula is C21H28N4O. The van der Waals surface area contributed by atoms with E-state index < -0.39 is 0 Å². The van der Waals surface area contributed by atoms with Gasteiger partial charge in [0.15, 0.2) is 0 Å². The minimum absolute atomic E-state index is 0.0958. The Morgan fingerprint density at radius 1 is 1.19 bits per heavy atom. The zero-order chi connectivity index (χ0) is 18.4. The number of rotatable bonds is 5. The molecule has 2 heterocycles. The maximum Gasteiger partial charge on any atom is 0.319 e. The van der Waals surface area contributed by atoms with Gasteiger partial charge in [0.2, 0.25) is 0 Å². The highest BCUT2D eigenvalue weighted by molar-refractivity contribution is 5.91. The van der Waals surface area contributed by atoms with E-state index in [9.17, 15) is 4.79 Å². The number of amides is 2. The number of hydrogen-bond donors (Lipinski definition) is 2. The van der Waals surface area contributed by atoms with Crippen molar-refractivity contribution in [2.45, 2.75) is 45.7 Å². The van der Waals surface area contributed by atoms with E-state index in [-0.39, 0.29) is 12.1 Å². The summed E-state index contributed by atoms with van der Waals surface area (Å²) in [5, 5.41) is 6.20. The first-order valence-electron chi connectivity index (χ1n) is 9.43. The number of carbonyl (C=O) groups excluding carboxylic acids is 1. The van der Waals surface area contributed by atoms with Crippen molar-refractivity contribution < 1.29 is 4.79 Å². The van der Waals surface area contributed by atoms with Crippen LogP contribution in [0.15, 0.2) is 42.7 Å². The standard InChI is InChI=1S/C21H28N4O/c1-3-18-6-4-5-16(2)20(18)24-21(26)23-19-9-13-25(14-10-19)15-17-7-11-22-12-8-17/h4-8,11-12,19H,3,9-10,13-15H2,1-2H3,(H2,23,24,26). The molecule has 1 saturated heterocycles. The van der Waals surface area contributed by atoms with Gasteiger partial charge in [-0.1, -0.05) is 25.1 Å². The molecule has 0 saturated carbocycles. The number of hydrogen-bond acceptors (Lipinski definition) is 3. The van der Waals surface area contributed by atoms with E-state index in [1.54, 1.807) is 0 Å². The first kappa shape index (κ1) is 18.4. The van der Waals surface area contributed by atoms with Crippen molar-refractivity contribution in [1.29, 1.82) is 0 Å². The minimum atomic E-state index is -0.0958. The highest BCUT2D eigenvalue weighted by atomic mass is 16.2. The van der Waals surface area contributed by atoms with Crippen molar-refractivity contribution in [2.24, 2.45) is 0 Å². The summed E-state index contributed by atoms with van der Waals surface area (Å²) in [6.45, 7) is 7.09. The van der Waals surface area contributed by atoms with Gasteiger partial charge < -0.3 is 10.6 Å². The lowest BCUT2D eigenvalue weighted by Gasteiger charge is -2.32. The smallest absolute Gasteiger partial charge is 0.319 e. The predicted octanol–water partition coefficient (Wildman–Crippen LogP) is 3.74. The summed E-state index contributed by atoms with van der Waals surface area (Å²) >= 11 is 0. The molecule has 5 heteroatoms. The Kier molecular flexibility index (Phi) is 6.23. The van der Waals surface area contributed by atoms with Crippen LogP contribution in [-0.4, -0.2) is 35.0 Å². The average Bonchev–Trinajstić information content (AvgIpc) is 2.66. The maximum absolute atomic E-state index is 12.4. The van der Waals surface area contributed by atoms with Gasteiger partial charge in [-0.15, -0.1) is 0 Å². The Bertz CT molecular complexity index is 724. The number of carbonyl (C=O) groups is 1.